The summed E-state index contributed by atoms with van der Waals surface area (Å²) in [5.41, 5.74) is -1.39. The van der Waals surface area contributed by atoms with Crippen molar-refractivity contribution in [3.63, 3.8) is 0 Å². The summed E-state index contributed by atoms with van der Waals surface area (Å²) in [6.07, 6.45) is -4.17. The molecule has 0 unspecified atom stereocenters. The lowest BCUT2D eigenvalue weighted by Crippen LogP contribution is -2.51. The summed E-state index contributed by atoms with van der Waals surface area (Å²) >= 11 is 0. The molecule has 7 nitrogen and oxygen atoms in total. The smallest absolute Gasteiger partial charge is 0.416 e. The standard InChI is InChI=1S/C22H32F3N3O4/c1-7-28(13-18(29)32-21(4,5)6)19(30)17(12-14(2)3)27-20(31)26-16-10-8-15(9-11-16)22(23,24)25/h8-11,14,17H,7,12-13H2,1-6H3,(H2,26,27,31)/t17-/m0/s1. The number of benzene rings is 1. The van der Waals surface area contributed by atoms with E-state index < -0.39 is 41.3 Å². The minimum absolute atomic E-state index is 0.0514. The Morgan fingerprint density at radius 1 is 1.06 bits per heavy atom. The van der Waals surface area contributed by atoms with Crippen LogP contribution in [-0.4, -0.2) is 47.5 Å². The molecule has 0 radical (unpaired) electrons. The zero-order valence-corrected chi connectivity index (χ0v) is 19.3. The molecule has 0 saturated heterocycles. The maximum absolute atomic E-state index is 13.0. The third-order valence-electron chi connectivity index (χ3n) is 4.21. The number of carbonyl (C=O) groups is 3. The zero-order valence-electron chi connectivity index (χ0n) is 19.3. The highest BCUT2D eigenvalue weighted by atomic mass is 19.4. The van der Waals surface area contributed by atoms with Crippen LogP contribution in [0.3, 0.4) is 0 Å². The van der Waals surface area contributed by atoms with Gasteiger partial charge in [0.15, 0.2) is 0 Å². The molecule has 180 valence electrons. The van der Waals surface area contributed by atoms with Gasteiger partial charge in [-0.1, -0.05) is 13.8 Å². The molecule has 1 aromatic rings. The highest BCUT2D eigenvalue weighted by molar-refractivity contribution is 5.94. The number of nitrogens with zero attached hydrogens (tertiary/aromatic N) is 1. The number of esters is 1. The summed E-state index contributed by atoms with van der Waals surface area (Å²) < 4.78 is 43.3. The van der Waals surface area contributed by atoms with Crippen molar-refractivity contribution in [3.05, 3.63) is 29.8 Å². The fourth-order valence-corrected chi connectivity index (χ4v) is 2.86. The van der Waals surface area contributed by atoms with Gasteiger partial charge in [0.25, 0.3) is 0 Å². The Bertz CT molecular complexity index is 787. The first kappa shape index (κ1) is 27.3. The van der Waals surface area contributed by atoms with Crippen LogP contribution < -0.4 is 10.6 Å². The van der Waals surface area contributed by atoms with Gasteiger partial charge in [0, 0.05) is 12.2 Å². The largest absolute Gasteiger partial charge is 0.459 e. The SMILES string of the molecule is CCN(CC(=O)OC(C)(C)C)C(=O)[C@H](CC(C)C)NC(=O)Nc1ccc(C(F)(F)F)cc1. The lowest BCUT2D eigenvalue weighted by molar-refractivity contribution is -0.159. The van der Waals surface area contributed by atoms with Gasteiger partial charge >= 0.3 is 18.2 Å². The number of nitrogens with one attached hydrogen (secondary N) is 2. The Morgan fingerprint density at radius 2 is 1.62 bits per heavy atom. The molecule has 0 spiro atoms. The molecule has 10 heteroatoms. The summed E-state index contributed by atoms with van der Waals surface area (Å²) in [4.78, 5) is 38.8. The van der Waals surface area contributed by atoms with Gasteiger partial charge in [0.1, 0.15) is 18.2 Å². The first-order valence-electron chi connectivity index (χ1n) is 10.4. The molecule has 0 heterocycles. The molecule has 32 heavy (non-hydrogen) atoms. The molecule has 1 atom stereocenters. The number of halogens is 3. The first-order valence-corrected chi connectivity index (χ1v) is 10.4. The third-order valence-corrected chi connectivity index (χ3v) is 4.21. The van der Waals surface area contributed by atoms with Gasteiger partial charge < -0.3 is 20.3 Å². The molecule has 1 aromatic carbocycles. The molecule has 0 aliphatic carbocycles. The van der Waals surface area contributed by atoms with Crippen molar-refractivity contribution in [2.24, 2.45) is 5.92 Å². The molecule has 0 aliphatic heterocycles. The quantitative estimate of drug-likeness (QED) is 0.563. The summed E-state index contributed by atoms with van der Waals surface area (Å²) in [7, 11) is 0. The van der Waals surface area contributed by atoms with Gasteiger partial charge in [-0.3, -0.25) is 9.59 Å². The first-order chi connectivity index (χ1) is 14.6. The molecule has 0 aromatic heterocycles. The van der Waals surface area contributed by atoms with Gasteiger partial charge in [-0.2, -0.15) is 13.2 Å². The molecule has 0 bridgehead atoms. The van der Waals surface area contributed by atoms with Crippen molar-refractivity contribution >= 4 is 23.6 Å². The number of hydrogen-bond acceptors (Lipinski definition) is 4. The van der Waals surface area contributed by atoms with Crippen LogP contribution in [-0.2, 0) is 20.5 Å². The number of urea groups is 1. The average Bonchev–Trinajstić information content (AvgIpc) is 2.62. The second kappa shape index (κ2) is 11.2. The second-order valence-electron chi connectivity index (χ2n) is 8.79. The fourth-order valence-electron chi connectivity index (χ4n) is 2.86. The number of amides is 3. The number of carbonyl (C=O) groups excluding carboxylic acids is 3. The Labute approximate surface area is 186 Å². The third kappa shape index (κ3) is 9.57. The Morgan fingerprint density at radius 3 is 2.06 bits per heavy atom. The molecule has 3 amide bonds. The van der Waals surface area contributed by atoms with Gasteiger partial charge in [-0.25, -0.2) is 4.79 Å². The second-order valence-corrected chi connectivity index (χ2v) is 8.79. The lowest BCUT2D eigenvalue weighted by Gasteiger charge is -2.28. The summed E-state index contributed by atoms with van der Waals surface area (Å²) in [5, 5.41) is 4.99. The topological polar surface area (TPSA) is 87.7 Å². The van der Waals surface area contributed by atoms with Crippen LogP contribution in [0.15, 0.2) is 24.3 Å². The van der Waals surface area contributed by atoms with Gasteiger partial charge in [-0.05, 0) is 64.3 Å². The van der Waals surface area contributed by atoms with Crippen molar-refractivity contribution in [2.75, 3.05) is 18.4 Å². The molecule has 0 saturated carbocycles. The van der Waals surface area contributed by atoms with Crippen molar-refractivity contribution in [1.82, 2.24) is 10.2 Å². The van der Waals surface area contributed by atoms with E-state index in [0.29, 0.717) is 6.42 Å². The monoisotopic (exact) mass is 459 g/mol. The Balaban J connectivity index is 2.86. The molecule has 2 N–H and O–H groups in total. The normalized spacial score (nSPS) is 12.8. The van der Waals surface area contributed by atoms with Gasteiger partial charge in [0.2, 0.25) is 5.91 Å². The Hall–Kier alpha value is -2.78. The minimum atomic E-state index is -4.48. The van der Waals surface area contributed by atoms with Crippen molar-refractivity contribution in [3.8, 4) is 0 Å². The van der Waals surface area contributed by atoms with E-state index in [1.807, 2.05) is 13.8 Å². The molecule has 1 rings (SSSR count). The predicted octanol–water partition coefficient (Wildman–Crippen LogP) is 4.43. The van der Waals surface area contributed by atoms with Gasteiger partial charge in [0.05, 0.1) is 5.56 Å². The van der Waals surface area contributed by atoms with E-state index in [2.05, 4.69) is 10.6 Å². The molecule has 0 aliphatic rings. The van der Waals surface area contributed by atoms with Crippen molar-refractivity contribution in [2.45, 2.75) is 65.8 Å². The number of likely N-dealkylation sites (N-methyl/N-ethyl adjacent to an activating group) is 1. The number of alkyl halides is 3. The molecule has 0 fully saturated rings. The van der Waals surface area contributed by atoms with Crippen LogP contribution in [0.4, 0.5) is 23.7 Å². The zero-order chi connectivity index (χ0) is 24.7. The van der Waals surface area contributed by atoms with Crippen LogP contribution >= 0.6 is 0 Å². The number of rotatable bonds is 8. The Kier molecular flexibility index (Phi) is 9.53. The van der Waals surface area contributed by atoms with Gasteiger partial charge in [-0.15, -0.1) is 0 Å². The van der Waals surface area contributed by atoms with Crippen LogP contribution in [0.5, 0.6) is 0 Å². The number of anilines is 1. The van der Waals surface area contributed by atoms with Crippen LogP contribution in [0.1, 0.15) is 53.5 Å². The van der Waals surface area contributed by atoms with Crippen LogP contribution in [0, 0.1) is 5.92 Å². The fraction of sp³-hybridized carbons (Fsp3) is 0.591. The van der Waals surface area contributed by atoms with Crippen LogP contribution in [0.25, 0.3) is 0 Å². The highest BCUT2D eigenvalue weighted by Crippen LogP contribution is 2.29. The van der Waals surface area contributed by atoms with Crippen molar-refractivity contribution < 1.29 is 32.3 Å². The summed E-state index contributed by atoms with van der Waals surface area (Å²) in [6.45, 7) is 10.6. The van der Waals surface area contributed by atoms with E-state index >= 15 is 0 Å². The number of ether oxygens (including phenoxy) is 1. The molecular formula is C22H32F3N3O4. The van der Waals surface area contributed by atoms with E-state index in [1.54, 1.807) is 27.7 Å². The van der Waals surface area contributed by atoms with E-state index in [-0.39, 0.29) is 24.7 Å². The minimum Gasteiger partial charge on any atom is -0.459 e. The van der Waals surface area contributed by atoms with E-state index in [9.17, 15) is 27.6 Å². The number of hydrogen-bond donors (Lipinski definition) is 2. The maximum atomic E-state index is 13.0. The van der Waals surface area contributed by atoms with E-state index in [4.69, 9.17) is 4.74 Å². The van der Waals surface area contributed by atoms with E-state index in [1.165, 1.54) is 4.90 Å². The average molecular weight is 460 g/mol. The summed E-state index contributed by atoms with van der Waals surface area (Å²) in [5.74, 6) is -0.963. The predicted molar refractivity (Wildman–Crippen MR) is 115 cm³/mol. The molecular weight excluding hydrogens is 427 g/mol. The lowest BCUT2D eigenvalue weighted by atomic mass is 10.0. The maximum Gasteiger partial charge on any atom is 0.416 e. The summed E-state index contributed by atoms with van der Waals surface area (Å²) in [6, 6.07) is 2.30. The van der Waals surface area contributed by atoms with E-state index in [0.717, 1.165) is 24.3 Å². The van der Waals surface area contributed by atoms with Crippen molar-refractivity contribution in [1.29, 1.82) is 0 Å². The highest BCUT2D eigenvalue weighted by Gasteiger charge is 2.31. The van der Waals surface area contributed by atoms with Crippen LogP contribution in [0.2, 0.25) is 0 Å².